The van der Waals surface area contributed by atoms with E-state index in [1.165, 1.54) is 18.2 Å². The van der Waals surface area contributed by atoms with E-state index in [2.05, 4.69) is 21.2 Å². The molecule has 1 N–H and O–H groups in total. The predicted molar refractivity (Wildman–Crippen MR) is 92.3 cm³/mol. The van der Waals surface area contributed by atoms with Crippen LogP contribution in [-0.2, 0) is 6.54 Å². The average Bonchev–Trinajstić information content (AvgIpc) is 2.80. The van der Waals surface area contributed by atoms with Crippen molar-refractivity contribution in [1.29, 1.82) is 0 Å². The standard InChI is InChI=1S/C17H14BrClFNO3/c18-13-3-2-11(20)8-12(13)17(22)21-9-10-6-14(19)16-15(7-10)23-4-1-5-24-16/h2-3,6-8H,1,4-5,9H2,(H,21,22). The van der Waals surface area contributed by atoms with Crippen molar-refractivity contribution in [2.24, 2.45) is 0 Å². The molecular weight excluding hydrogens is 401 g/mol. The molecule has 1 heterocycles. The summed E-state index contributed by atoms with van der Waals surface area (Å²) in [7, 11) is 0. The van der Waals surface area contributed by atoms with Gasteiger partial charge in [0.25, 0.3) is 5.91 Å². The summed E-state index contributed by atoms with van der Waals surface area (Å²) in [4.78, 5) is 12.2. The maximum Gasteiger partial charge on any atom is 0.252 e. The van der Waals surface area contributed by atoms with Crippen molar-refractivity contribution in [3.8, 4) is 11.5 Å². The van der Waals surface area contributed by atoms with Crippen molar-refractivity contribution in [2.75, 3.05) is 13.2 Å². The van der Waals surface area contributed by atoms with Crippen LogP contribution >= 0.6 is 27.5 Å². The number of nitrogens with one attached hydrogen (secondary N) is 1. The van der Waals surface area contributed by atoms with Gasteiger partial charge in [0.1, 0.15) is 5.82 Å². The molecule has 3 rings (SSSR count). The highest BCUT2D eigenvalue weighted by molar-refractivity contribution is 9.10. The van der Waals surface area contributed by atoms with Crippen molar-refractivity contribution in [3.63, 3.8) is 0 Å². The Kier molecular flexibility index (Phi) is 5.26. The van der Waals surface area contributed by atoms with Gasteiger partial charge in [-0.15, -0.1) is 0 Å². The Labute approximate surface area is 152 Å². The Hall–Kier alpha value is -1.79. The fourth-order valence-electron chi connectivity index (χ4n) is 2.34. The number of rotatable bonds is 3. The molecule has 1 aliphatic rings. The lowest BCUT2D eigenvalue weighted by Gasteiger charge is -2.12. The van der Waals surface area contributed by atoms with Crippen LogP contribution < -0.4 is 14.8 Å². The molecule has 0 saturated heterocycles. The SMILES string of the molecule is O=C(NCc1cc(Cl)c2c(c1)OCCCO2)c1cc(F)ccc1Br. The molecule has 0 aromatic heterocycles. The number of benzene rings is 2. The topological polar surface area (TPSA) is 47.6 Å². The van der Waals surface area contributed by atoms with E-state index < -0.39 is 5.82 Å². The quantitative estimate of drug-likeness (QED) is 0.813. The first-order valence-electron chi connectivity index (χ1n) is 7.36. The Balaban J connectivity index is 1.75. The molecule has 7 heteroatoms. The lowest BCUT2D eigenvalue weighted by Crippen LogP contribution is -2.23. The van der Waals surface area contributed by atoms with Gasteiger partial charge in [0.05, 0.1) is 23.8 Å². The minimum absolute atomic E-state index is 0.232. The maximum atomic E-state index is 13.3. The monoisotopic (exact) mass is 413 g/mol. The van der Waals surface area contributed by atoms with Crippen molar-refractivity contribution >= 4 is 33.4 Å². The highest BCUT2D eigenvalue weighted by atomic mass is 79.9. The third-order valence-corrected chi connectivity index (χ3v) is 4.46. The van der Waals surface area contributed by atoms with E-state index in [0.29, 0.717) is 34.2 Å². The summed E-state index contributed by atoms with van der Waals surface area (Å²) in [6.45, 7) is 1.34. The van der Waals surface area contributed by atoms with Crippen molar-refractivity contribution < 1.29 is 18.7 Å². The highest BCUT2D eigenvalue weighted by Crippen LogP contribution is 2.38. The molecule has 0 saturated carbocycles. The van der Waals surface area contributed by atoms with Crippen LogP contribution in [0.5, 0.6) is 11.5 Å². The number of hydrogen-bond donors (Lipinski definition) is 1. The van der Waals surface area contributed by atoms with E-state index in [1.54, 1.807) is 12.1 Å². The van der Waals surface area contributed by atoms with E-state index in [-0.39, 0.29) is 18.0 Å². The highest BCUT2D eigenvalue weighted by Gasteiger charge is 2.16. The summed E-state index contributed by atoms with van der Waals surface area (Å²) in [6, 6.07) is 7.46. The minimum atomic E-state index is -0.470. The molecule has 0 aliphatic carbocycles. The Morgan fingerprint density at radius 1 is 1.25 bits per heavy atom. The number of amides is 1. The average molecular weight is 415 g/mol. The molecule has 1 aliphatic heterocycles. The van der Waals surface area contributed by atoms with Crippen LogP contribution in [0.25, 0.3) is 0 Å². The zero-order chi connectivity index (χ0) is 17.1. The zero-order valence-electron chi connectivity index (χ0n) is 12.6. The lowest BCUT2D eigenvalue weighted by molar-refractivity contribution is 0.0949. The molecule has 2 aromatic carbocycles. The number of ether oxygens (including phenoxy) is 2. The third-order valence-electron chi connectivity index (χ3n) is 3.49. The van der Waals surface area contributed by atoms with Crippen LogP contribution in [0, 0.1) is 5.82 Å². The predicted octanol–water partition coefficient (Wildman–Crippen LogP) is 4.33. The number of hydrogen-bond acceptors (Lipinski definition) is 3. The minimum Gasteiger partial charge on any atom is -0.489 e. The van der Waals surface area contributed by atoms with Gasteiger partial charge >= 0.3 is 0 Å². The number of carbonyl (C=O) groups excluding carboxylic acids is 1. The number of carbonyl (C=O) groups is 1. The Morgan fingerprint density at radius 2 is 2.04 bits per heavy atom. The number of halogens is 3. The van der Waals surface area contributed by atoms with Crippen LogP contribution in [0.2, 0.25) is 5.02 Å². The van der Waals surface area contributed by atoms with Gasteiger partial charge in [0.2, 0.25) is 0 Å². The van der Waals surface area contributed by atoms with E-state index >= 15 is 0 Å². The molecule has 0 unspecified atom stereocenters. The number of fused-ring (bicyclic) bond motifs is 1. The van der Waals surface area contributed by atoms with Gasteiger partial charge in [-0.3, -0.25) is 4.79 Å². The fourth-order valence-corrected chi connectivity index (χ4v) is 3.05. The molecule has 24 heavy (non-hydrogen) atoms. The lowest BCUT2D eigenvalue weighted by atomic mass is 10.1. The molecule has 4 nitrogen and oxygen atoms in total. The van der Waals surface area contributed by atoms with Crippen molar-refractivity contribution in [1.82, 2.24) is 5.32 Å². The molecule has 0 spiro atoms. The van der Waals surface area contributed by atoms with Crippen LogP contribution in [0.3, 0.4) is 0 Å². The van der Waals surface area contributed by atoms with Gasteiger partial charge in [-0.05, 0) is 51.8 Å². The molecular formula is C17H14BrClFNO3. The van der Waals surface area contributed by atoms with Crippen LogP contribution in [0.1, 0.15) is 22.3 Å². The Morgan fingerprint density at radius 3 is 2.88 bits per heavy atom. The second kappa shape index (κ2) is 7.40. The second-order valence-electron chi connectivity index (χ2n) is 5.26. The summed E-state index contributed by atoms with van der Waals surface area (Å²) in [5.74, 6) is 0.236. The van der Waals surface area contributed by atoms with E-state index in [4.69, 9.17) is 21.1 Å². The zero-order valence-corrected chi connectivity index (χ0v) is 14.9. The second-order valence-corrected chi connectivity index (χ2v) is 6.52. The van der Waals surface area contributed by atoms with Crippen molar-refractivity contribution in [3.05, 3.63) is 56.8 Å². The van der Waals surface area contributed by atoms with E-state index in [0.717, 1.165) is 12.0 Å². The molecule has 0 atom stereocenters. The molecule has 1 amide bonds. The summed E-state index contributed by atoms with van der Waals surface area (Å²) < 4.78 is 25.0. The molecule has 0 fully saturated rings. The summed E-state index contributed by atoms with van der Waals surface area (Å²) in [5.41, 5.74) is 1.00. The van der Waals surface area contributed by atoms with Crippen molar-refractivity contribution in [2.45, 2.75) is 13.0 Å². The van der Waals surface area contributed by atoms with Crippen LogP contribution in [-0.4, -0.2) is 19.1 Å². The first-order valence-corrected chi connectivity index (χ1v) is 8.53. The van der Waals surface area contributed by atoms with E-state index in [9.17, 15) is 9.18 Å². The smallest absolute Gasteiger partial charge is 0.252 e. The van der Waals surface area contributed by atoms with Gasteiger partial charge < -0.3 is 14.8 Å². The molecule has 2 aromatic rings. The third kappa shape index (κ3) is 3.82. The van der Waals surface area contributed by atoms with Gasteiger partial charge in [0.15, 0.2) is 11.5 Å². The van der Waals surface area contributed by atoms with Gasteiger partial charge in [-0.1, -0.05) is 11.6 Å². The van der Waals surface area contributed by atoms with Crippen LogP contribution in [0.15, 0.2) is 34.8 Å². The van der Waals surface area contributed by atoms with Crippen LogP contribution in [0.4, 0.5) is 4.39 Å². The maximum absolute atomic E-state index is 13.3. The van der Waals surface area contributed by atoms with Gasteiger partial charge in [-0.25, -0.2) is 4.39 Å². The van der Waals surface area contributed by atoms with E-state index in [1.807, 2.05) is 0 Å². The molecule has 0 bridgehead atoms. The first kappa shape index (κ1) is 17.0. The summed E-state index contributed by atoms with van der Waals surface area (Å²) in [5, 5.41) is 3.18. The fraction of sp³-hybridized carbons (Fsp3) is 0.235. The Bertz CT molecular complexity index is 785. The largest absolute Gasteiger partial charge is 0.489 e. The normalized spacial score (nSPS) is 13.3. The summed E-state index contributed by atoms with van der Waals surface area (Å²) in [6.07, 6.45) is 0.782. The molecule has 0 radical (unpaired) electrons. The van der Waals surface area contributed by atoms with Gasteiger partial charge in [0, 0.05) is 17.4 Å². The first-order chi connectivity index (χ1) is 11.5. The van der Waals surface area contributed by atoms with Gasteiger partial charge in [-0.2, -0.15) is 0 Å². The molecule has 126 valence electrons. The summed E-state index contributed by atoms with van der Waals surface area (Å²) >= 11 is 9.47.